The van der Waals surface area contributed by atoms with Crippen LogP contribution in [0, 0.1) is 17.2 Å². The van der Waals surface area contributed by atoms with E-state index in [4.69, 9.17) is 5.26 Å². The summed E-state index contributed by atoms with van der Waals surface area (Å²) in [5, 5.41) is 19.4. The molecule has 1 saturated heterocycles. The van der Waals surface area contributed by atoms with E-state index < -0.39 is 5.60 Å². The van der Waals surface area contributed by atoms with E-state index in [9.17, 15) is 5.11 Å². The summed E-state index contributed by atoms with van der Waals surface area (Å²) in [6, 6.07) is 7.90. The number of β-amino-alcohol motifs (C(OH)–C–C–N with tert-alkyl or cyclic N) is 1. The van der Waals surface area contributed by atoms with Crippen molar-refractivity contribution in [2.24, 2.45) is 5.92 Å². The summed E-state index contributed by atoms with van der Waals surface area (Å²) in [6.45, 7) is 1.32. The molecule has 1 N–H and O–H groups in total. The van der Waals surface area contributed by atoms with E-state index in [1.54, 1.807) is 0 Å². The zero-order chi connectivity index (χ0) is 12.0. The molecule has 0 spiro atoms. The largest absolute Gasteiger partial charge is 0.386 e. The van der Waals surface area contributed by atoms with Crippen LogP contribution in [0.1, 0.15) is 18.4 Å². The summed E-state index contributed by atoms with van der Waals surface area (Å²) in [5.74, 6) is 0.486. The molecule has 4 heteroatoms. The Kier molecular flexibility index (Phi) is 2.42. The van der Waals surface area contributed by atoms with Gasteiger partial charge in [-0.2, -0.15) is 5.26 Å². The molecule has 2 fully saturated rings. The summed E-state index contributed by atoms with van der Waals surface area (Å²) in [7, 11) is 0. The zero-order valence-electron chi connectivity index (χ0n) is 9.36. The Morgan fingerprint density at radius 1 is 1.41 bits per heavy atom. The first kappa shape index (κ1) is 11.1. The van der Waals surface area contributed by atoms with Gasteiger partial charge in [0.15, 0.2) is 0 Å². The van der Waals surface area contributed by atoms with E-state index in [0.29, 0.717) is 24.6 Å². The molecule has 0 aromatic heterocycles. The number of anilines is 1. The third-order valence-electron chi connectivity index (χ3n) is 3.69. The van der Waals surface area contributed by atoms with Crippen LogP contribution < -0.4 is 4.90 Å². The summed E-state index contributed by atoms with van der Waals surface area (Å²) in [4.78, 5) is 2.09. The van der Waals surface area contributed by atoms with Crippen molar-refractivity contribution in [1.29, 1.82) is 5.26 Å². The van der Waals surface area contributed by atoms with Gasteiger partial charge in [-0.1, -0.05) is 15.9 Å². The monoisotopic (exact) mass is 292 g/mol. The molecule has 1 saturated carbocycles. The van der Waals surface area contributed by atoms with E-state index in [0.717, 1.165) is 23.0 Å². The molecule has 17 heavy (non-hydrogen) atoms. The third-order valence-corrected chi connectivity index (χ3v) is 4.18. The minimum atomic E-state index is -0.500. The van der Waals surface area contributed by atoms with E-state index >= 15 is 0 Å². The van der Waals surface area contributed by atoms with E-state index in [1.807, 2.05) is 18.2 Å². The lowest BCUT2D eigenvalue weighted by Gasteiger charge is -2.48. The van der Waals surface area contributed by atoms with Gasteiger partial charge in [0.1, 0.15) is 11.7 Å². The lowest BCUT2D eigenvalue weighted by molar-refractivity contribution is -0.00932. The standard InChI is InChI=1S/C13H13BrN2O/c14-11-3-4-12(9(5-11)6-15)16-7-13(17,8-16)10-1-2-10/h3-5,10,17H,1-2,7-8H2. The van der Waals surface area contributed by atoms with Crippen LogP contribution in [0.25, 0.3) is 0 Å². The molecule has 1 aliphatic heterocycles. The molecule has 0 bridgehead atoms. The van der Waals surface area contributed by atoms with Gasteiger partial charge < -0.3 is 10.0 Å². The molecule has 0 radical (unpaired) electrons. The fourth-order valence-corrected chi connectivity index (χ4v) is 2.90. The second-order valence-electron chi connectivity index (χ2n) is 5.01. The maximum Gasteiger partial charge on any atom is 0.102 e. The quantitative estimate of drug-likeness (QED) is 0.910. The number of rotatable bonds is 2. The average Bonchev–Trinajstić information content (AvgIpc) is 3.09. The normalized spacial score (nSPS) is 21.8. The smallest absolute Gasteiger partial charge is 0.102 e. The topological polar surface area (TPSA) is 47.3 Å². The van der Waals surface area contributed by atoms with Crippen LogP contribution in [0.4, 0.5) is 5.69 Å². The van der Waals surface area contributed by atoms with E-state index in [1.165, 1.54) is 0 Å². The fourth-order valence-electron chi connectivity index (χ4n) is 2.54. The summed E-state index contributed by atoms with van der Waals surface area (Å²) < 4.78 is 0.913. The number of hydrogen-bond acceptors (Lipinski definition) is 3. The number of halogens is 1. The average molecular weight is 293 g/mol. The second kappa shape index (κ2) is 3.72. The number of nitrogens with zero attached hydrogens (tertiary/aromatic N) is 2. The molecule has 88 valence electrons. The van der Waals surface area contributed by atoms with Crippen molar-refractivity contribution in [3.8, 4) is 6.07 Å². The van der Waals surface area contributed by atoms with Gasteiger partial charge in [0.25, 0.3) is 0 Å². The maximum atomic E-state index is 10.3. The molecule has 2 aliphatic rings. The van der Waals surface area contributed by atoms with Crippen LogP contribution >= 0.6 is 15.9 Å². The van der Waals surface area contributed by atoms with Gasteiger partial charge in [0.2, 0.25) is 0 Å². The Morgan fingerprint density at radius 3 is 2.71 bits per heavy atom. The van der Waals surface area contributed by atoms with Gasteiger partial charge >= 0.3 is 0 Å². The first-order valence-corrected chi connectivity index (χ1v) is 6.59. The molecule has 1 heterocycles. The number of hydrogen-bond donors (Lipinski definition) is 1. The SMILES string of the molecule is N#Cc1cc(Br)ccc1N1CC(O)(C2CC2)C1. The second-order valence-corrected chi connectivity index (χ2v) is 5.92. The maximum absolute atomic E-state index is 10.3. The van der Waals surface area contributed by atoms with Crippen LogP contribution in [-0.4, -0.2) is 23.8 Å². The Labute approximate surface area is 109 Å². The number of benzene rings is 1. The van der Waals surface area contributed by atoms with Crippen LogP contribution in [-0.2, 0) is 0 Å². The Hall–Kier alpha value is -1.05. The highest BCUT2D eigenvalue weighted by Crippen LogP contribution is 2.46. The van der Waals surface area contributed by atoms with E-state index in [2.05, 4.69) is 26.9 Å². The summed E-state index contributed by atoms with van der Waals surface area (Å²) in [6.07, 6.45) is 2.30. The van der Waals surface area contributed by atoms with Crippen LogP contribution in [0.15, 0.2) is 22.7 Å². The van der Waals surface area contributed by atoms with Crippen molar-refractivity contribution >= 4 is 21.6 Å². The predicted octanol–water partition coefficient (Wildman–Crippen LogP) is 2.28. The number of nitriles is 1. The first-order valence-electron chi connectivity index (χ1n) is 5.79. The van der Waals surface area contributed by atoms with Crippen molar-refractivity contribution < 1.29 is 5.11 Å². The van der Waals surface area contributed by atoms with Gasteiger partial charge in [-0.3, -0.25) is 0 Å². The Bertz CT molecular complexity index is 499. The number of aliphatic hydroxyl groups is 1. The molecule has 0 unspecified atom stereocenters. The Balaban J connectivity index is 1.81. The summed E-state index contributed by atoms with van der Waals surface area (Å²) in [5.41, 5.74) is 1.10. The minimum absolute atomic E-state index is 0.486. The molecule has 3 nitrogen and oxygen atoms in total. The molecule has 3 rings (SSSR count). The van der Waals surface area contributed by atoms with Crippen LogP contribution in [0.3, 0.4) is 0 Å². The van der Waals surface area contributed by atoms with Crippen LogP contribution in [0.5, 0.6) is 0 Å². The molecule has 1 aromatic carbocycles. The fraction of sp³-hybridized carbons (Fsp3) is 0.462. The van der Waals surface area contributed by atoms with Crippen molar-refractivity contribution in [2.75, 3.05) is 18.0 Å². The lowest BCUT2D eigenvalue weighted by Crippen LogP contribution is -2.63. The van der Waals surface area contributed by atoms with Crippen molar-refractivity contribution in [3.63, 3.8) is 0 Å². The van der Waals surface area contributed by atoms with Gasteiger partial charge in [-0.15, -0.1) is 0 Å². The van der Waals surface area contributed by atoms with Crippen molar-refractivity contribution in [1.82, 2.24) is 0 Å². The van der Waals surface area contributed by atoms with Gasteiger partial charge in [0, 0.05) is 17.6 Å². The molecule has 0 amide bonds. The highest BCUT2D eigenvalue weighted by Gasteiger charge is 2.52. The van der Waals surface area contributed by atoms with Crippen molar-refractivity contribution in [2.45, 2.75) is 18.4 Å². The highest BCUT2D eigenvalue weighted by molar-refractivity contribution is 9.10. The zero-order valence-corrected chi connectivity index (χ0v) is 10.9. The summed E-state index contributed by atoms with van der Waals surface area (Å²) >= 11 is 3.36. The highest BCUT2D eigenvalue weighted by atomic mass is 79.9. The van der Waals surface area contributed by atoms with Gasteiger partial charge in [-0.25, -0.2) is 0 Å². The van der Waals surface area contributed by atoms with E-state index in [-0.39, 0.29) is 0 Å². The van der Waals surface area contributed by atoms with Gasteiger partial charge in [0.05, 0.1) is 11.3 Å². The Morgan fingerprint density at radius 2 is 2.12 bits per heavy atom. The molecular formula is C13H13BrN2O. The van der Waals surface area contributed by atoms with Crippen molar-refractivity contribution in [3.05, 3.63) is 28.2 Å². The molecular weight excluding hydrogens is 280 g/mol. The third kappa shape index (κ3) is 1.84. The molecule has 1 aliphatic carbocycles. The van der Waals surface area contributed by atoms with Gasteiger partial charge in [-0.05, 0) is 37.0 Å². The predicted molar refractivity (Wildman–Crippen MR) is 68.7 cm³/mol. The molecule has 0 atom stereocenters. The lowest BCUT2D eigenvalue weighted by atomic mass is 9.88. The van der Waals surface area contributed by atoms with Crippen LogP contribution in [0.2, 0.25) is 0 Å². The first-order chi connectivity index (χ1) is 8.12. The minimum Gasteiger partial charge on any atom is -0.386 e. The molecule has 1 aromatic rings.